The molecule has 0 aliphatic carbocycles. The van der Waals surface area contributed by atoms with Gasteiger partial charge in [0.2, 0.25) is 0 Å². The Labute approximate surface area is 92.9 Å². The minimum Gasteiger partial charge on any atom is -0.438 e. The van der Waals surface area contributed by atoms with Crippen molar-refractivity contribution in [3.63, 3.8) is 0 Å². The van der Waals surface area contributed by atoms with Crippen LogP contribution >= 0.6 is 11.6 Å². The highest BCUT2D eigenvalue weighted by Crippen LogP contribution is 2.25. The van der Waals surface area contributed by atoms with Gasteiger partial charge in [-0.1, -0.05) is 35.7 Å². The molecule has 4 heteroatoms. The van der Waals surface area contributed by atoms with Gasteiger partial charge in [0.25, 0.3) is 0 Å². The van der Waals surface area contributed by atoms with E-state index in [2.05, 4.69) is 10.7 Å². The van der Waals surface area contributed by atoms with Gasteiger partial charge in [0.05, 0.1) is 7.11 Å². The molecule has 78 valence electrons. The molecule has 0 saturated carbocycles. The second-order valence-corrected chi connectivity index (χ2v) is 3.05. The van der Waals surface area contributed by atoms with Crippen LogP contribution in [0.3, 0.4) is 0 Å². The van der Waals surface area contributed by atoms with Crippen molar-refractivity contribution in [1.29, 1.82) is 0 Å². The van der Waals surface area contributed by atoms with Crippen LogP contribution in [0.4, 0.5) is 4.79 Å². The number of rotatable bonds is 2. The van der Waals surface area contributed by atoms with Crippen LogP contribution in [0.1, 0.15) is 11.7 Å². The molecule has 0 bridgehead atoms. The molecular weight excluding hydrogens is 216 g/mol. The van der Waals surface area contributed by atoms with Crippen LogP contribution < -0.4 is 0 Å². The van der Waals surface area contributed by atoms with Crippen molar-refractivity contribution in [2.75, 3.05) is 7.11 Å². The first-order valence-corrected chi connectivity index (χ1v) is 4.52. The fourth-order valence-electron chi connectivity index (χ4n) is 1.02. The third-order valence-electron chi connectivity index (χ3n) is 1.72. The predicted octanol–water partition coefficient (Wildman–Crippen LogP) is 2.80. The van der Waals surface area contributed by atoms with E-state index in [1.165, 1.54) is 7.11 Å². The van der Waals surface area contributed by atoms with Crippen LogP contribution in [0.5, 0.6) is 0 Å². The zero-order valence-electron chi connectivity index (χ0n) is 8.07. The van der Waals surface area contributed by atoms with E-state index in [1.54, 1.807) is 24.3 Å². The van der Waals surface area contributed by atoms with Crippen molar-refractivity contribution in [3.05, 3.63) is 34.9 Å². The smallest absolute Gasteiger partial charge is 0.438 e. The lowest BCUT2D eigenvalue weighted by molar-refractivity contribution is 0.0551. The maximum atomic E-state index is 10.9. The highest BCUT2D eigenvalue weighted by atomic mass is 35.5. The minimum atomic E-state index is -0.835. The van der Waals surface area contributed by atoms with Gasteiger partial charge in [-0.25, -0.2) is 4.79 Å². The standard InChI is InChI=1S/C11H9ClO3/c1-3-10(15-11(13)14-2)8-6-4-5-7-9(8)12/h1,4-7,10H,2H3. The lowest BCUT2D eigenvalue weighted by Gasteiger charge is -2.12. The summed E-state index contributed by atoms with van der Waals surface area (Å²) in [5.41, 5.74) is 0.562. The van der Waals surface area contributed by atoms with Crippen LogP contribution in [-0.4, -0.2) is 13.3 Å². The molecule has 0 aliphatic heterocycles. The van der Waals surface area contributed by atoms with E-state index in [1.807, 2.05) is 0 Å². The first-order chi connectivity index (χ1) is 7.19. The van der Waals surface area contributed by atoms with Crippen molar-refractivity contribution in [2.45, 2.75) is 6.10 Å². The van der Waals surface area contributed by atoms with Crippen LogP contribution in [0.2, 0.25) is 5.02 Å². The third-order valence-corrected chi connectivity index (χ3v) is 2.06. The number of hydrogen-bond acceptors (Lipinski definition) is 3. The molecule has 1 aromatic carbocycles. The number of halogens is 1. The number of ether oxygens (including phenoxy) is 2. The average Bonchev–Trinajstić information content (AvgIpc) is 2.26. The maximum Gasteiger partial charge on any atom is 0.509 e. The van der Waals surface area contributed by atoms with Crippen LogP contribution in [0.15, 0.2) is 24.3 Å². The molecule has 3 nitrogen and oxygen atoms in total. The van der Waals surface area contributed by atoms with E-state index >= 15 is 0 Å². The molecule has 0 spiro atoms. The fraction of sp³-hybridized carbons (Fsp3) is 0.182. The second kappa shape index (κ2) is 5.28. The van der Waals surface area contributed by atoms with E-state index in [4.69, 9.17) is 22.8 Å². The van der Waals surface area contributed by atoms with E-state index in [0.717, 1.165) is 0 Å². The Morgan fingerprint density at radius 2 is 2.20 bits per heavy atom. The first kappa shape index (κ1) is 11.4. The maximum absolute atomic E-state index is 10.9. The Morgan fingerprint density at radius 1 is 1.53 bits per heavy atom. The Morgan fingerprint density at radius 3 is 2.73 bits per heavy atom. The van der Waals surface area contributed by atoms with Gasteiger partial charge < -0.3 is 9.47 Å². The molecule has 0 aromatic heterocycles. The Kier molecular flexibility index (Phi) is 4.02. The molecule has 0 heterocycles. The van der Waals surface area contributed by atoms with E-state index in [0.29, 0.717) is 10.6 Å². The quantitative estimate of drug-likeness (QED) is 0.572. The minimum absolute atomic E-state index is 0.448. The van der Waals surface area contributed by atoms with Crippen LogP contribution in [0, 0.1) is 12.3 Å². The van der Waals surface area contributed by atoms with Gasteiger partial charge >= 0.3 is 6.16 Å². The zero-order chi connectivity index (χ0) is 11.3. The van der Waals surface area contributed by atoms with Crippen molar-refractivity contribution in [2.24, 2.45) is 0 Å². The Bertz CT molecular complexity index is 395. The number of benzene rings is 1. The lowest BCUT2D eigenvalue weighted by atomic mass is 10.1. The summed E-state index contributed by atoms with van der Waals surface area (Å²) < 4.78 is 9.18. The molecular formula is C11H9ClO3. The largest absolute Gasteiger partial charge is 0.509 e. The van der Waals surface area contributed by atoms with Gasteiger partial charge in [0, 0.05) is 10.6 Å². The highest BCUT2D eigenvalue weighted by molar-refractivity contribution is 6.31. The molecule has 1 rings (SSSR count). The zero-order valence-corrected chi connectivity index (χ0v) is 8.82. The van der Waals surface area contributed by atoms with Crippen molar-refractivity contribution >= 4 is 17.8 Å². The topological polar surface area (TPSA) is 35.5 Å². The van der Waals surface area contributed by atoms with E-state index < -0.39 is 12.3 Å². The summed E-state index contributed by atoms with van der Waals surface area (Å²) >= 11 is 5.90. The molecule has 1 atom stereocenters. The summed E-state index contributed by atoms with van der Waals surface area (Å²) in [5.74, 6) is 2.32. The van der Waals surface area contributed by atoms with Crippen molar-refractivity contribution in [1.82, 2.24) is 0 Å². The number of methoxy groups -OCH3 is 1. The summed E-state index contributed by atoms with van der Waals surface area (Å²) in [7, 11) is 1.21. The molecule has 15 heavy (non-hydrogen) atoms. The second-order valence-electron chi connectivity index (χ2n) is 2.64. The van der Waals surface area contributed by atoms with Gasteiger partial charge in [-0.2, -0.15) is 0 Å². The van der Waals surface area contributed by atoms with Crippen molar-refractivity contribution in [3.8, 4) is 12.3 Å². The molecule has 0 saturated heterocycles. The number of carbonyl (C=O) groups excluding carboxylic acids is 1. The summed E-state index contributed by atoms with van der Waals surface area (Å²) in [6, 6.07) is 6.88. The van der Waals surface area contributed by atoms with Crippen molar-refractivity contribution < 1.29 is 14.3 Å². The molecule has 0 N–H and O–H groups in total. The van der Waals surface area contributed by atoms with Crippen LogP contribution in [-0.2, 0) is 9.47 Å². The molecule has 0 fully saturated rings. The Hall–Kier alpha value is -1.66. The summed E-state index contributed by atoms with van der Waals surface area (Å²) in [5, 5.41) is 0.448. The number of hydrogen-bond donors (Lipinski definition) is 0. The van der Waals surface area contributed by atoms with Crippen LogP contribution in [0.25, 0.3) is 0 Å². The molecule has 0 aliphatic rings. The fourth-order valence-corrected chi connectivity index (χ4v) is 1.25. The molecule has 0 radical (unpaired) electrons. The summed E-state index contributed by atoms with van der Waals surface area (Å²) in [6.45, 7) is 0. The SMILES string of the molecule is C#CC(OC(=O)OC)c1ccccc1Cl. The molecule has 0 amide bonds. The third kappa shape index (κ3) is 2.90. The van der Waals surface area contributed by atoms with Gasteiger partial charge in [-0.15, -0.1) is 6.42 Å². The highest BCUT2D eigenvalue weighted by Gasteiger charge is 2.16. The number of terminal acetylenes is 1. The normalized spacial score (nSPS) is 11.3. The summed E-state index contributed by atoms with van der Waals surface area (Å²) in [6.07, 6.45) is 3.57. The van der Waals surface area contributed by atoms with Gasteiger partial charge in [0.15, 0.2) is 6.10 Å². The monoisotopic (exact) mass is 224 g/mol. The van der Waals surface area contributed by atoms with E-state index in [9.17, 15) is 4.79 Å². The van der Waals surface area contributed by atoms with Gasteiger partial charge in [0.1, 0.15) is 0 Å². The van der Waals surface area contributed by atoms with E-state index in [-0.39, 0.29) is 0 Å². The molecule has 1 aromatic rings. The lowest BCUT2D eigenvalue weighted by Crippen LogP contribution is -2.10. The predicted molar refractivity (Wildman–Crippen MR) is 56.5 cm³/mol. The molecule has 1 unspecified atom stereocenters. The van der Waals surface area contributed by atoms with Gasteiger partial charge in [-0.05, 0) is 6.07 Å². The summed E-state index contributed by atoms with van der Waals surface area (Å²) in [4.78, 5) is 10.9. The Balaban J connectivity index is 2.89. The first-order valence-electron chi connectivity index (χ1n) is 4.14. The average molecular weight is 225 g/mol. The van der Waals surface area contributed by atoms with Gasteiger partial charge in [-0.3, -0.25) is 0 Å². The number of carbonyl (C=O) groups is 1.